The van der Waals surface area contributed by atoms with Gasteiger partial charge in [0.25, 0.3) is 5.91 Å². The van der Waals surface area contributed by atoms with E-state index in [4.69, 9.17) is 0 Å². The van der Waals surface area contributed by atoms with Gasteiger partial charge in [0.15, 0.2) is 0 Å². The van der Waals surface area contributed by atoms with Crippen LogP contribution >= 0.6 is 31.9 Å². The van der Waals surface area contributed by atoms with E-state index in [2.05, 4.69) is 54.0 Å². The summed E-state index contributed by atoms with van der Waals surface area (Å²) in [7, 11) is 2.16. The third-order valence-corrected chi connectivity index (χ3v) is 4.89. The minimum absolute atomic E-state index is 0.0263. The summed E-state index contributed by atoms with van der Waals surface area (Å²) in [4.78, 5) is 16.9. The lowest BCUT2D eigenvalue weighted by atomic mass is 10.2. The standard InChI is InChI=1S/C15H21Br2N3O/c1-19-7-9-20(10-8-19)6-2-5-18-15(21)13-11-12(16)3-4-14(13)17/h3-4,11H,2,5-10H2,1H3,(H,18,21). The van der Waals surface area contributed by atoms with Crippen LogP contribution in [0.2, 0.25) is 0 Å². The number of likely N-dealkylation sites (N-methyl/N-ethyl adjacent to an activating group) is 1. The third kappa shape index (κ3) is 5.36. The zero-order chi connectivity index (χ0) is 15.2. The third-order valence-electron chi connectivity index (χ3n) is 3.71. The van der Waals surface area contributed by atoms with E-state index in [0.717, 1.165) is 48.1 Å². The van der Waals surface area contributed by atoms with Gasteiger partial charge in [0.1, 0.15) is 0 Å². The number of carbonyl (C=O) groups excluding carboxylic acids is 1. The van der Waals surface area contributed by atoms with Gasteiger partial charge in [0, 0.05) is 41.7 Å². The number of piperazine rings is 1. The molecule has 0 aromatic heterocycles. The predicted molar refractivity (Wildman–Crippen MR) is 92.7 cm³/mol. The second-order valence-corrected chi connectivity index (χ2v) is 7.15. The molecule has 1 N–H and O–H groups in total. The Kier molecular flexibility index (Phi) is 6.67. The number of carbonyl (C=O) groups is 1. The van der Waals surface area contributed by atoms with Gasteiger partial charge in [-0.2, -0.15) is 0 Å². The highest BCUT2D eigenvalue weighted by molar-refractivity contribution is 9.11. The van der Waals surface area contributed by atoms with Gasteiger partial charge >= 0.3 is 0 Å². The van der Waals surface area contributed by atoms with Crippen LogP contribution in [0.4, 0.5) is 0 Å². The first-order valence-electron chi connectivity index (χ1n) is 7.20. The molecule has 0 spiro atoms. The van der Waals surface area contributed by atoms with E-state index in [9.17, 15) is 4.79 Å². The van der Waals surface area contributed by atoms with Gasteiger partial charge in [-0.15, -0.1) is 0 Å². The number of amides is 1. The lowest BCUT2D eigenvalue weighted by Crippen LogP contribution is -2.45. The summed E-state index contributed by atoms with van der Waals surface area (Å²) in [6, 6.07) is 5.62. The number of hydrogen-bond acceptors (Lipinski definition) is 3. The fourth-order valence-corrected chi connectivity index (χ4v) is 3.13. The van der Waals surface area contributed by atoms with E-state index >= 15 is 0 Å². The highest BCUT2D eigenvalue weighted by Gasteiger charge is 2.13. The largest absolute Gasteiger partial charge is 0.352 e. The molecule has 1 saturated heterocycles. The van der Waals surface area contributed by atoms with Crippen molar-refractivity contribution in [2.75, 3.05) is 46.3 Å². The van der Waals surface area contributed by atoms with Gasteiger partial charge in [0.2, 0.25) is 0 Å². The molecular weight excluding hydrogens is 398 g/mol. The van der Waals surface area contributed by atoms with E-state index in [1.807, 2.05) is 18.2 Å². The predicted octanol–water partition coefficient (Wildman–Crippen LogP) is 2.58. The van der Waals surface area contributed by atoms with Crippen LogP contribution < -0.4 is 5.32 Å². The molecule has 1 aliphatic heterocycles. The minimum Gasteiger partial charge on any atom is -0.352 e. The van der Waals surface area contributed by atoms with Gasteiger partial charge in [-0.3, -0.25) is 4.79 Å². The average molecular weight is 419 g/mol. The van der Waals surface area contributed by atoms with Crippen LogP contribution in [0.1, 0.15) is 16.8 Å². The highest BCUT2D eigenvalue weighted by atomic mass is 79.9. The molecule has 0 saturated carbocycles. The molecule has 2 rings (SSSR count). The van der Waals surface area contributed by atoms with E-state index in [1.165, 1.54) is 0 Å². The van der Waals surface area contributed by atoms with E-state index in [-0.39, 0.29) is 5.91 Å². The number of halogens is 2. The van der Waals surface area contributed by atoms with Crippen molar-refractivity contribution in [3.8, 4) is 0 Å². The molecule has 1 aliphatic rings. The topological polar surface area (TPSA) is 35.6 Å². The van der Waals surface area contributed by atoms with Crippen molar-refractivity contribution in [3.63, 3.8) is 0 Å². The Morgan fingerprint density at radius 1 is 1.24 bits per heavy atom. The van der Waals surface area contributed by atoms with E-state index < -0.39 is 0 Å². The zero-order valence-electron chi connectivity index (χ0n) is 12.2. The number of benzene rings is 1. The van der Waals surface area contributed by atoms with Gasteiger partial charge in [-0.1, -0.05) is 15.9 Å². The summed E-state index contributed by atoms with van der Waals surface area (Å²) in [5.74, 6) is -0.0263. The zero-order valence-corrected chi connectivity index (χ0v) is 15.4. The first-order chi connectivity index (χ1) is 10.1. The molecule has 0 unspecified atom stereocenters. The van der Waals surface area contributed by atoms with Crippen LogP contribution in [0.5, 0.6) is 0 Å². The first kappa shape index (κ1) is 16.9. The maximum Gasteiger partial charge on any atom is 0.252 e. The van der Waals surface area contributed by atoms with Crippen LogP contribution in [0, 0.1) is 0 Å². The summed E-state index contributed by atoms with van der Waals surface area (Å²) in [5, 5.41) is 2.99. The van der Waals surface area contributed by atoms with Gasteiger partial charge in [-0.05, 0) is 54.1 Å². The lowest BCUT2D eigenvalue weighted by Gasteiger charge is -2.32. The summed E-state index contributed by atoms with van der Waals surface area (Å²) in [6.45, 7) is 6.29. The summed E-state index contributed by atoms with van der Waals surface area (Å²) < 4.78 is 1.73. The molecule has 1 fully saturated rings. The summed E-state index contributed by atoms with van der Waals surface area (Å²) in [6.07, 6.45) is 0.987. The van der Waals surface area contributed by atoms with Crippen LogP contribution in [0.25, 0.3) is 0 Å². The number of nitrogens with zero attached hydrogens (tertiary/aromatic N) is 2. The highest BCUT2D eigenvalue weighted by Crippen LogP contribution is 2.21. The Bertz CT molecular complexity index is 488. The van der Waals surface area contributed by atoms with Crippen LogP contribution in [0.15, 0.2) is 27.1 Å². The summed E-state index contributed by atoms with van der Waals surface area (Å²) >= 11 is 6.81. The molecule has 1 aromatic rings. The first-order valence-corrected chi connectivity index (χ1v) is 8.79. The van der Waals surface area contributed by atoms with Gasteiger partial charge in [0.05, 0.1) is 5.56 Å². The monoisotopic (exact) mass is 417 g/mol. The molecule has 1 heterocycles. The summed E-state index contributed by atoms with van der Waals surface area (Å²) in [5.41, 5.74) is 0.670. The fourth-order valence-electron chi connectivity index (χ4n) is 2.34. The molecule has 0 radical (unpaired) electrons. The van der Waals surface area contributed by atoms with E-state index in [0.29, 0.717) is 12.1 Å². The second kappa shape index (κ2) is 8.27. The number of nitrogens with one attached hydrogen (secondary N) is 1. The Morgan fingerprint density at radius 3 is 2.67 bits per heavy atom. The molecule has 0 bridgehead atoms. The SMILES string of the molecule is CN1CCN(CCCNC(=O)c2cc(Br)ccc2Br)CC1. The fraction of sp³-hybridized carbons (Fsp3) is 0.533. The maximum atomic E-state index is 12.1. The maximum absolute atomic E-state index is 12.1. The van der Waals surface area contributed by atoms with Crippen LogP contribution in [-0.2, 0) is 0 Å². The van der Waals surface area contributed by atoms with Crippen molar-refractivity contribution in [2.24, 2.45) is 0 Å². The number of hydrogen-bond donors (Lipinski definition) is 1. The quantitative estimate of drug-likeness (QED) is 0.746. The molecule has 4 nitrogen and oxygen atoms in total. The van der Waals surface area contributed by atoms with Gasteiger partial charge < -0.3 is 15.1 Å². The van der Waals surface area contributed by atoms with Crippen molar-refractivity contribution in [1.29, 1.82) is 0 Å². The minimum atomic E-state index is -0.0263. The molecular formula is C15H21Br2N3O. The number of rotatable bonds is 5. The van der Waals surface area contributed by atoms with Crippen molar-refractivity contribution >= 4 is 37.8 Å². The van der Waals surface area contributed by atoms with Gasteiger partial charge in [-0.25, -0.2) is 0 Å². The van der Waals surface area contributed by atoms with Crippen LogP contribution in [0.3, 0.4) is 0 Å². The van der Waals surface area contributed by atoms with Crippen LogP contribution in [-0.4, -0.2) is 62.0 Å². The lowest BCUT2D eigenvalue weighted by molar-refractivity contribution is 0.0948. The molecule has 0 atom stereocenters. The Labute approximate surface area is 143 Å². The van der Waals surface area contributed by atoms with Crippen molar-refractivity contribution < 1.29 is 4.79 Å². The normalized spacial score (nSPS) is 16.9. The smallest absolute Gasteiger partial charge is 0.252 e. The molecule has 21 heavy (non-hydrogen) atoms. The molecule has 1 aromatic carbocycles. The molecule has 0 aliphatic carbocycles. The Hall–Kier alpha value is -0.430. The second-order valence-electron chi connectivity index (χ2n) is 5.38. The molecule has 116 valence electrons. The molecule has 6 heteroatoms. The molecule has 1 amide bonds. The van der Waals surface area contributed by atoms with Crippen molar-refractivity contribution in [2.45, 2.75) is 6.42 Å². The van der Waals surface area contributed by atoms with Crippen molar-refractivity contribution in [3.05, 3.63) is 32.7 Å². The average Bonchev–Trinajstić information content (AvgIpc) is 2.47. The van der Waals surface area contributed by atoms with Crippen molar-refractivity contribution in [1.82, 2.24) is 15.1 Å². The Morgan fingerprint density at radius 2 is 1.95 bits per heavy atom. The van der Waals surface area contributed by atoms with E-state index in [1.54, 1.807) is 0 Å². The Balaban J connectivity index is 1.71.